The minimum Gasteiger partial charge on any atom is -0.464 e. The van der Waals surface area contributed by atoms with E-state index in [1.54, 1.807) is 79.0 Å². The molecular weight excluding hydrogens is 1510 g/mol. The molecule has 0 unspecified atom stereocenters. The van der Waals surface area contributed by atoms with E-state index >= 15 is 0 Å². The minimum atomic E-state index is 0.00634. The highest BCUT2D eigenvalue weighted by atomic mass is 32.1. The third kappa shape index (κ3) is 24.4. The molecule has 14 heteroatoms. The number of carbonyl (C=O) groups excluding carboxylic acids is 3. The monoisotopic (exact) mass is 1590 g/mol. The Balaban J connectivity index is 0.000000110. The van der Waals surface area contributed by atoms with E-state index in [9.17, 15) is 19.2 Å². The van der Waals surface area contributed by atoms with Crippen molar-refractivity contribution in [3.05, 3.63) is 408 Å². The first kappa shape index (κ1) is 81.7. The van der Waals surface area contributed by atoms with Crippen LogP contribution >= 0.6 is 45.3 Å². The van der Waals surface area contributed by atoms with Gasteiger partial charge in [0.2, 0.25) is 0 Å². The SMILES string of the molecule is C1=Nc2ccccc2C1.O=C1C=CC2=C(CCCC2=O)C1.O=C1C=Cc2ccccc2C1.O=c1ccoc2ccccc12.c1cc2c(s1)CCC2.c1cc2c(s1)CCCC2.c1ccc2c(c1)CCC2.c1ccc2ccccc2c1.c1ccc2ncccc2c1.c1ccc2ocnc2c1.c1ccc2sccc2c1.c1ccc2scnc2c1. The number of aromatic nitrogens is 3. The number of fused-ring (bicyclic) bond motifs is 11. The fourth-order valence-electron chi connectivity index (χ4n) is 14.0. The number of hydrogen-bond donors (Lipinski definition) is 0. The highest BCUT2D eigenvalue weighted by Gasteiger charge is 2.22. The summed E-state index contributed by atoms with van der Waals surface area (Å²) in [6.07, 6.45) is 31.4. The molecule has 0 fully saturated rings. The number of thiophene rings is 3. The quantitative estimate of drug-likeness (QED) is 0.145. The van der Waals surface area contributed by atoms with Gasteiger partial charge in [-0.05, 0) is 245 Å². The molecule has 0 bridgehead atoms. The zero-order valence-electron chi connectivity index (χ0n) is 64.7. The maximum atomic E-state index is 11.3. The summed E-state index contributed by atoms with van der Waals surface area (Å²) in [7, 11) is 0. The Labute approximate surface area is 693 Å². The molecule has 7 aliphatic rings. The van der Waals surface area contributed by atoms with Crippen molar-refractivity contribution in [3.8, 4) is 0 Å². The van der Waals surface area contributed by atoms with Crippen LogP contribution in [0.15, 0.2) is 368 Å². The van der Waals surface area contributed by atoms with Crippen LogP contribution in [0.4, 0.5) is 5.69 Å². The van der Waals surface area contributed by atoms with Crippen molar-refractivity contribution in [2.24, 2.45) is 4.99 Å². The van der Waals surface area contributed by atoms with Crippen LogP contribution in [0.5, 0.6) is 0 Å². The summed E-state index contributed by atoms with van der Waals surface area (Å²) in [5.74, 6) is 0.534. The molecule has 116 heavy (non-hydrogen) atoms. The molecule has 7 aromatic heterocycles. The topological polar surface area (TPSA) is 146 Å². The number of ketones is 3. The van der Waals surface area contributed by atoms with Crippen LogP contribution in [0.2, 0.25) is 0 Å². The zero-order valence-corrected chi connectivity index (χ0v) is 67.9. The Hall–Kier alpha value is -12.3. The van der Waals surface area contributed by atoms with E-state index in [1.165, 1.54) is 131 Å². The summed E-state index contributed by atoms with van der Waals surface area (Å²) in [5.41, 5.74) is 19.4. The van der Waals surface area contributed by atoms with Gasteiger partial charge in [-0.25, -0.2) is 9.97 Å². The average molecular weight is 1600 g/mol. The number of aliphatic imine (C=N–C) groups is 1. The predicted octanol–water partition coefficient (Wildman–Crippen LogP) is 26.3. The Morgan fingerprint density at radius 1 is 0.336 bits per heavy atom. The highest BCUT2D eigenvalue weighted by molar-refractivity contribution is 7.17. The fourth-order valence-corrected chi connectivity index (χ4v) is 17.4. The molecule has 17 aromatic rings. The van der Waals surface area contributed by atoms with Crippen LogP contribution in [-0.2, 0) is 65.8 Å². The molecule has 0 spiro atoms. The van der Waals surface area contributed by atoms with Crippen LogP contribution in [-0.4, -0.2) is 38.5 Å². The van der Waals surface area contributed by atoms with Crippen molar-refractivity contribution in [3.63, 3.8) is 0 Å². The van der Waals surface area contributed by atoms with Crippen molar-refractivity contribution in [2.45, 2.75) is 103 Å². The van der Waals surface area contributed by atoms with Crippen LogP contribution in [0.3, 0.4) is 0 Å². The van der Waals surface area contributed by atoms with Gasteiger partial charge in [0.05, 0.1) is 38.6 Å². The second-order valence-electron chi connectivity index (χ2n) is 27.9. The predicted molar refractivity (Wildman–Crippen MR) is 487 cm³/mol. The molecule has 0 amide bonds. The largest absolute Gasteiger partial charge is 0.464 e. The van der Waals surface area contributed by atoms with E-state index in [1.807, 2.05) is 168 Å². The van der Waals surface area contributed by atoms with Gasteiger partial charge in [-0.1, -0.05) is 206 Å². The number of para-hydroxylation sites is 6. The Morgan fingerprint density at radius 2 is 0.879 bits per heavy atom. The summed E-state index contributed by atoms with van der Waals surface area (Å²) in [4.78, 5) is 64.1. The van der Waals surface area contributed by atoms with Crippen molar-refractivity contribution >= 4 is 145 Å². The molecule has 0 saturated carbocycles. The Kier molecular flexibility index (Phi) is 30.9. The maximum absolute atomic E-state index is 11.3. The Morgan fingerprint density at radius 3 is 1.58 bits per heavy atom. The third-order valence-electron chi connectivity index (χ3n) is 20.0. The van der Waals surface area contributed by atoms with Gasteiger partial charge >= 0.3 is 0 Å². The molecule has 0 N–H and O–H groups in total. The summed E-state index contributed by atoms with van der Waals surface area (Å²) in [6.45, 7) is 0. The molecule has 0 radical (unpaired) electrons. The molecule has 0 saturated heterocycles. The molecule has 0 atom stereocenters. The molecule has 24 rings (SSSR count). The van der Waals surface area contributed by atoms with Gasteiger partial charge in [0.15, 0.2) is 34.8 Å². The summed E-state index contributed by atoms with van der Waals surface area (Å²) < 4.78 is 12.7. The first-order valence-corrected chi connectivity index (χ1v) is 42.9. The van der Waals surface area contributed by atoms with E-state index in [4.69, 9.17) is 8.83 Å². The van der Waals surface area contributed by atoms with Gasteiger partial charge in [-0.3, -0.25) is 29.2 Å². The molecular formula is C102H90N4O6S4. The van der Waals surface area contributed by atoms with Crippen molar-refractivity contribution < 1.29 is 23.2 Å². The maximum Gasteiger partial charge on any atom is 0.192 e. The van der Waals surface area contributed by atoms with E-state index in [0.717, 1.165) is 63.8 Å². The van der Waals surface area contributed by atoms with Crippen LogP contribution < -0.4 is 5.43 Å². The third-order valence-corrected chi connectivity index (χ3v) is 23.8. The number of Topliss-reactive ketones (excluding diaryl/α,β-unsaturated/α-hetero) is 1. The number of nitrogens with zero attached hydrogens (tertiary/aromatic N) is 4. The van der Waals surface area contributed by atoms with E-state index < -0.39 is 0 Å². The van der Waals surface area contributed by atoms with Crippen molar-refractivity contribution in [1.29, 1.82) is 0 Å². The summed E-state index contributed by atoms with van der Waals surface area (Å²) >= 11 is 7.30. The van der Waals surface area contributed by atoms with Gasteiger partial charge in [-0.2, -0.15) is 0 Å². The zero-order chi connectivity index (χ0) is 79.6. The second kappa shape index (κ2) is 43.8. The number of thiazole rings is 1. The van der Waals surface area contributed by atoms with Gasteiger partial charge in [0, 0.05) is 69.6 Å². The number of oxazole rings is 1. The van der Waals surface area contributed by atoms with E-state index in [-0.39, 0.29) is 22.8 Å². The lowest BCUT2D eigenvalue weighted by Gasteiger charge is -2.18. The number of aryl methyl sites for hydroxylation is 6. The number of benzene rings is 10. The number of rotatable bonds is 0. The first-order valence-electron chi connectivity index (χ1n) is 39.4. The van der Waals surface area contributed by atoms with E-state index in [2.05, 4.69) is 176 Å². The van der Waals surface area contributed by atoms with Crippen molar-refractivity contribution in [1.82, 2.24) is 15.0 Å². The van der Waals surface area contributed by atoms with Crippen molar-refractivity contribution in [2.75, 3.05) is 0 Å². The number of hydrogen-bond acceptors (Lipinski definition) is 14. The van der Waals surface area contributed by atoms with Crippen LogP contribution in [0.1, 0.15) is 100 Å². The molecule has 1 aliphatic heterocycles. The average Bonchev–Trinajstić information content (AvgIpc) is 1.24. The Bertz CT molecular complexity index is 5700. The lowest BCUT2D eigenvalue weighted by atomic mass is 9.85. The van der Waals surface area contributed by atoms with Gasteiger partial charge in [-0.15, -0.1) is 45.3 Å². The summed E-state index contributed by atoms with van der Waals surface area (Å²) in [5, 5.41) is 12.3. The lowest BCUT2D eigenvalue weighted by molar-refractivity contribution is -0.116. The molecule has 10 nitrogen and oxygen atoms in total. The smallest absolute Gasteiger partial charge is 0.192 e. The van der Waals surface area contributed by atoms with Gasteiger partial charge in [0.1, 0.15) is 11.1 Å². The summed E-state index contributed by atoms with van der Waals surface area (Å²) in [6, 6.07) is 93.2. The number of allylic oxidation sites excluding steroid dienone is 5. The fraction of sp³-hybridized carbons (Fsp3) is 0.157. The van der Waals surface area contributed by atoms with Gasteiger partial charge in [0.25, 0.3) is 0 Å². The van der Waals surface area contributed by atoms with E-state index in [0.29, 0.717) is 30.2 Å². The van der Waals surface area contributed by atoms with Gasteiger partial charge < -0.3 is 8.83 Å². The van der Waals surface area contributed by atoms with Crippen LogP contribution in [0, 0.1) is 0 Å². The normalized spacial score (nSPS) is 13.6. The van der Waals surface area contributed by atoms with Crippen LogP contribution in [0.25, 0.3) is 70.1 Å². The minimum absolute atomic E-state index is 0.00634. The number of carbonyl (C=O) groups is 3. The standard InChI is InChI=1S/C10H10O2.C10H8O.C10H8.C9H7N.C9H6O2.C9H10.C8H7N.C8H10S.C8H6S.C7H5NO.C7H5NS.C7H8S/c11-8-4-5-9-7(6-8)2-1-3-10(9)12;11-10-6-5-8-3-1-2-4-9(8)7-10;1-2-6-10-8-4-3-7-9(10)5-1;1-2-6-9-8(4-1)5-3-7-10-9;10-8-5-6-11-9-4-2-1-3-7(8)9;1-2-5-9-7-3-6-8(9)4-1;3*1-2-4-8-7(3-1)5-6-9-8;2*1-2-4-7-6(3-1)8-5-9-7;1-2-6-4-5-8-7(6)3-1/h4-5H,1-3,6H2;1-6H,7H2;1-8H;1-7H;1-6H;1-2,4-5H,3,6-7H2;1-4,6H,5H2;5-6H,1-4H2;1-6H;2*1-5H;4-5H,1-3H2. The molecule has 10 aromatic carbocycles. The molecule has 578 valence electrons. The number of pyridine rings is 1. The molecule has 8 heterocycles. The molecule has 6 aliphatic carbocycles. The highest BCUT2D eigenvalue weighted by Crippen LogP contribution is 2.31. The lowest BCUT2D eigenvalue weighted by Crippen LogP contribution is -2.15. The second-order valence-corrected chi connectivity index (χ2v) is 31.8. The first-order chi connectivity index (χ1) is 57.2.